The standard InChI is InChI=1S/C16H24N4O/c1-4-13-8-15(18-14-7-5-6-12(14)9-21)20-16(17-13)10(2)11(3)19-20/h8,12,14,18,21H,4-7,9H2,1-3H3. The first-order valence-corrected chi connectivity index (χ1v) is 7.87. The predicted molar refractivity (Wildman–Crippen MR) is 83.7 cm³/mol. The number of aliphatic hydroxyl groups is 1. The van der Waals surface area contributed by atoms with E-state index >= 15 is 0 Å². The molecule has 0 saturated heterocycles. The van der Waals surface area contributed by atoms with Crippen LogP contribution in [0.2, 0.25) is 0 Å². The molecule has 2 atom stereocenters. The highest BCUT2D eigenvalue weighted by molar-refractivity contribution is 5.56. The van der Waals surface area contributed by atoms with Crippen LogP contribution in [0.5, 0.6) is 0 Å². The van der Waals surface area contributed by atoms with Crippen molar-refractivity contribution in [2.24, 2.45) is 5.92 Å². The third kappa shape index (κ3) is 2.50. The minimum atomic E-state index is 0.254. The summed E-state index contributed by atoms with van der Waals surface area (Å²) in [4.78, 5) is 4.70. The minimum absolute atomic E-state index is 0.254. The summed E-state index contributed by atoms with van der Waals surface area (Å²) >= 11 is 0. The third-order valence-electron chi connectivity index (χ3n) is 4.70. The molecule has 3 rings (SSSR count). The van der Waals surface area contributed by atoms with E-state index in [1.54, 1.807) is 0 Å². The Morgan fingerprint density at radius 3 is 2.90 bits per heavy atom. The largest absolute Gasteiger partial charge is 0.396 e. The summed E-state index contributed by atoms with van der Waals surface area (Å²) in [6.07, 6.45) is 4.29. The Bertz CT molecular complexity index is 649. The van der Waals surface area contributed by atoms with Gasteiger partial charge in [-0.15, -0.1) is 0 Å². The number of hydrogen-bond donors (Lipinski definition) is 2. The lowest BCUT2D eigenvalue weighted by molar-refractivity contribution is 0.222. The number of anilines is 1. The second-order valence-electron chi connectivity index (χ2n) is 6.06. The van der Waals surface area contributed by atoms with E-state index in [9.17, 15) is 5.11 Å². The number of rotatable bonds is 4. The van der Waals surface area contributed by atoms with Gasteiger partial charge in [-0.2, -0.15) is 9.61 Å². The van der Waals surface area contributed by atoms with Gasteiger partial charge in [-0.05, 0) is 33.1 Å². The molecule has 0 bridgehead atoms. The Morgan fingerprint density at radius 2 is 2.19 bits per heavy atom. The molecule has 5 heteroatoms. The molecule has 2 aromatic heterocycles. The lowest BCUT2D eigenvalue weighted by atomic mass is 10.1. The van der Waals surface area contributed by atoms with Gasteiger partial charge in [0.2, 0.25) is 0 Å². The van der Waals surface area contributed by atoms with Crippen LogP contribution in [-0.4, -0.2) is 32.4 Å². The maximum absolute atomic E-state index is 9.50. The van der Waals surface area contributed by atoms with Crippen molar-refractivity contribution in [3.05, 3.63) is 23.0 Å². The molecule has 2 N–H and O–H groups in total. The van der Waals surface area contributed by atoms with E-state index in [-0.39, 0.29) is 6.61 Å². The molecule has 2 heterocycles. The van der Waals surface area contributed by atoms with Crippen LogP contribution in [0.15, 0.2) is 6.07 Å². The second kappa shape index (κ2) is 5.64. The fraction of sp³-hybridized carbons (Fsp3) is 0.625. The average Bonchev–Trinajstić information content (AvgIpc) is 3.05. The van der Waals surface area contributed by atoms with Gasteiger partial charge in [-0.1, -0.05) is 13.3 Å². The first-order chi connectivity index (χ1) is 10.1. The van der Waals surface area contributed by atoms with Crippen molar-refractivity contribution in [2.75, 3.05) is 11.9 Å². The molecule has 1 fully saturated rings. The summed E-state index contributed by atoms with van der Waals surface area (Å²) in [6, 6.07) is 2.42. The SMILES string of the molecule is CCc1cc(NC2CCCC2CO)n2nc(C)c(C)c2n1. The highest BCUT2D eigenvalue weighted by Crippen LogP contribution is 2.29. The summed E-state index contributed by atoms with van der Waals surface area (Å²) < 4.78 is 1.91. The fourth-order valence-electron chi connectivity index (χ4n) is 3.20. The maximum atomic E-state index is 9.50. The molecule has 1 saturated carbocycles. The van der Waals surface area contributed by atoms with Crippen molar-refractivity contribution in [3.8, 4) is 0 Å². The number of aliphatic hydroxyl groups excluding tert-OH is 1. The van der Waals surface area contributed by atoms with Gasteiger partial charge in [-0.3, -0.25) is 0 Å². The van der Waals surface area contributed by atoms with Crippen LogP contribution in [0.1, 0.15) is 43.1 Å². The molecule has 21 heavy (non-hydrogen) atoms. The van der Waals surface area contributed by atoms with Crippen LogP contribution in [0.3, 0.4) is 0 Å². The van der Waals surface area contributed by atoms with Gasteiger partial charge in [0, 0.05) is 35.9 Å². The molecule has 5 nitrogen and oxygen atoms in total. The van der Waals surface area contributed by atoms with Gasteiger partial charge < -0.3 is 10.4 Å². The minimum Gasteiger partial charge on any atom is -0.396 e. The normalized spacial score (nSPS) is 22.1. The van der Waals surface area contributed by atoms with Gasteiger partial charge in [-0.25, -0.2) is 4.98 Å². The van der Waals surface area contributed by atoms with E-state index in [1.165, 1.54) is 6.42 Å². The van der Waals surface area contributed by atoms with Crippen LogP contribution < -0.4 is 5.32 Å². The van der Waals surface area contributed by atoms with Crippen molar-refractivity contribution < 1.29 is 5.11 Å². The molecule has 0 amide bonds. The molecule has 0 spiro atoms. The summed E-state index contributed by atoms with van der Waals surface area (Å²) in [5, 5.41) is 17.7. The molecule has 0 aromatic carbocycles. The molecule has 0 aliphatic heterocycles. The lowest BCUT2D eigenvalue weighted by Gasteiger charge is -2.21. The van der Waals surface area contributed by atoms with Gasteiger partial charge in [0.15, 0.2) is 5.65 Å². The van der Waals surface area contributed by atoms with Crippen molar-refractivity contribution in [1.29, 1.82) is 0 Å². The predicted octanol–water partition coefficient (Wildman–Crippen LogP) is 2.48. The molecular weight excluding hydrogens is 264 g/mol. The zero-order chi connectivity index (χ0) is 15.0. The molecule has 2 aromatic rings. The smallest absolute Gasteiger partial charge is 0.160 e. The number of aromatic nitrogens is 3. The molecule has 1 aliphatic carbocycles. The van der Waals surface area contributed by atoms with Crippen molar-refractivity contribution in [2.45, 2.75) is 52.5 Å². The summed E-state index contributed by atoms with van der Waals surface area (Å²) in [5.74, 6) is 1.34. The highest BCUT2D eigenvalue weighted by atomic mass is 16.3. The van der Waals surface area contributed by atoms with Crippen LogP contribution in [0.4, 0.5) is 5.82 Å². The second-order valence-corrected chi connectivity index (χ2v) is 6.06. The zero-order valence-electron chi connectivity index (χ0n) is 13.1. The fourth-order valence-corrected chi connectivity index (χ4v) is 3.20. The van der Waals surface area contributed by atoms with E-state index in [2.05, 4.69) is 30.3 Å². The molecule has 1 aliphatic rings. The van der Waals surface area contributed by atoms with Crippen molar-refractivity contribution in [1.82, 2.24) is 14.6 Å². The molecular formula is C16H24N4O. The topological polar surface area (TPSA) is 62.5 Å². The number of hydrogen-bond acceptors (Lipinski definition) is 4. The van der Waals surface area contributed by atoms with Gasteiger partial charge in [0.1, 0.15) is 5.82 Å². The first kappa shape index (κ1) is 14.3. The summed E-state index contributed by atoms with van der Waals surface area (Å²) in [6.45, 7) is 6.46. The van der Waals surface area contributed by atoms with Crippen LogP contribution in [0, 0.1) is 19.8 Å². The number of nitrogens with zero attached hydrogens (tertiary/aromatic N) is 3. The summed E-state index contributed by atoms with van der Waals surface area (Å²) in [7, 11) is 0. The third-order valence-corrected chi connectivity index (χ3v) is 4.70. The van der Waals surface area contributed by atoms with E-state index in [4.69, 9.17) is 4.98 Å². The van der Waals surface area contributed by atoms with Crippen molar-refractivity contribution in [3.63, 3.8) is 0 Å². The van der Waals surface area contributed by atoms with E-state index in [0.29, 0.717) is 12.0 Å². The lowest BCUT2D eigenvalue weighted by Crippen LogP contribution is -2.27. The molecule has 114 valence electrons. The van der Waals surface area contributed by atoms with Crippen LogP contribution >= 0.6 is 0 Å². The summed E-state index contributed by atoms with van der Waals surface area (Å²) in [5.41, 5.74) is 4.17. The van der Waals surface area contributed by atoms with E-state index in [1.807, 2.05) is 11.4 Å². The average molecular weight is 288 g/mol. The Balaban J connectivity index is 2.02. The van der Waals surface area contributed by atoms with Gasteiger partial charge >= 0.3 is 0 Å². The van der Waals surface area contributed by atoms with E-state index in [0.717, 1.165) is 47.7 Å². The Morgan fingerprint density at radius 1 is 1.38 bits per heavy atom. The quantitative estimate of drug-likeness (QED) is 0.907. The first-order valence-electron chi connectivity index (χ1n) is 7.87. The highest BCUT2D eigenvalue weighted by Gasteiger charge is 2.27. The Kier molecular flexibility index (Phi) is 3.85. The molecule has 0 radical (unpaired) electrons. The zero-order valence-corrected chi connectivity index (χ0v) is 13.1. The van der Waals surface area contributed by atoms with Gasteiger partial charge in [0.05, 0.1) is 5.69 Å². The van der Waals surface area contributed by atoms with E-state index < -0.39 is 0 Å². The molecule has 2 unspecified atom stereocenters. The Labute approximate surface area is 125 Å². The number of nitrogens with one attached hydrogen (secondary N) is 1. The van der Waals surface area contributed by atoms with Crippen molar-refractivity contribution >= 4 is 11.5 Å². The Hall–Kier alpha value is -1.62. The van der Waals surface area contributed by atoms with Gasteiger partial charge in [0.25, 0.3) is 0 Å². The van der Waals surface area contributed by atoms with Crippen LogP contribution in [-0.2, 0) is 6.42 Å². The van der Waals surface area contributed by atoms with Crippen LogP contribution in [0.25, 0.3) is 5.65 Å². The number of aryl methyl sites for hydroxylation is 3. The monoisotopic (exact) mass is 288 g/mol. The maximum Gasteiger partial charge on any atom is 0.160 e. The number of fused-ring (bicyclic) bond motifs is 1.